The molecule has 200 valence electrons. The zero-order valence-corrected chi connectivity index (χ0v) is 20.8. The molecule has 37 heavy (non-hydrogen) atoms. The third-order valence-electron chi connectivity index (χ3n) is 6.95. The number of alkyl halides is 3. The highest BCUT2D eigenvalue weighted by molar-refractivity contribution is 6.00. The van der Waals surface area contributed by atoms with Gasteiger partial charge in [-0.1, -0.05) is 24.3 Å². The third-order valence-corrected chi connectivity index (χ3v) is 6.95. The van der Waals surface area contributed by atoms with Gasteiger partial charge in [0.15, 0.2) is 0 Å². The summed E-state index contributed by atoms with van der Waals surface area (Å²) in [5.74, 6) is -1.08. The topological polar surface area (TPSA) is 71.1 Å². The number of rotatable bonds is 8. The summed E-state index contributed by atoms with van der Waals surface area (Å²) < 4.78 is 50.9. The first-order valence-corrected chi connectivity index (χ1v) is 12.5. The Morgan fingerprint density at radius 1 is 1.14 bits per heavy atom. The lowest BCUT2D eigenvalue weighted by molar-refractivity contribution is -0.190. The van der Waals surface area contributed by atoms with E-state index in [2.05, 4.69) is 10.2 Å². The molecular formula is C27H32F3N3O4. The minimum atomic E-state index is -4.56. The van der Waals surface area contributed by atoms with E-state index in [0.717, 1.165) is 37.9 Å². The Balaban J connectivity index is 1.48. The van der Waals surface area contributed by atoms with Gasteiger partial charge in [-0.2, -0.15) is 13.2 Å². The molecule has 1 N–H and O–H groups in total. The molecule has 2 aliphatic heterocycles. The van der Waals surface area contributed by atoms with Gasteiger partial charge in [0.2, 0.25) is 5.91 Å². The first-order valence-electron chi connectivity index (χ1n) is 12.5. The Hall–Kier alpha value is -2.95. The number of para-hydroxylation sites is 1. The highest BCUT2D eigenvalue weighted by Crippen LogP contribution is 2.35. The first kappa shape index (κ1) is 27.1. The van der Waals surface area contributed by atoms with Gasteiger partial charge in [0.25, 0.3) is 5.91 Å². The van der Waals surface area contributed by atoms with Crippen LogP contribution in [0.1, 0.15) is 42.1 Å². The number of benzene rings is 2. The van der Waals surface area contributed by atoms with Crippen LogP contribution in [0.5, 0.6) is 0 Å². The van der Waals surface area contributed by atoms with E-state index in [-0.39, 0.29) is 24.1 Å². The molecule has 0 bridgehead atoms. The maximum absolute atomic E-state index is 13.4. The maximum Gasteiger partial charge on any atom is 0.416 e. The van der Waals surface area contributed by atoms with E-state index in [9.17, 15) is 22.8 Å². The van der Waals surface area contributed by atoms with Crippen molar-refractivity contribution in [3.63, 3.8) is 0 Å². The number of carbonyl (C=O) groups is 2. The lowest BCUT2D eigenvalue weighted by Gasteiger charge is -2.44. The fourth-order valence-electron chi connectivity index (χ4n) is 5.16. The normalized spacial score (nSPS) is 19.9. The molecule has 2 heterocycles. The minimum absolute atomic E-state index is 0.152. The van der Waals surface area contributed by atoms with Crippen LogP contribution in [0.3, 0.4) is 0 Å². The number of hydrogen-bond acceptors (Lipinski definition) is 5. The van der Waals surface area contributed by atoms with Gasteiger partial charge in [0, 0.05) is 43.8 Å². The average molecular weight is 520 g/mol. The molecule has 1 atom stereocenters. The molecule has 2 amide bonds. The van der Waals surface area contributed by atoms with Crippen molar-refractivity contribution in [3.8, 4) is 0 Å². The molecule has 0 saturated carbocycles. The van der Waals surface area contributed by atoms with Crippen molar-refractivity contribution in [1.82, 2.24) is 10.2 Å². The smallest absolute Gasteiger partial charge is 0.381 e. The molecule has 2 saturated heterocycles. The van der Waals surface area contributed by atoms with Crippen molar-refractivity contribution in [3.05, 3.63) is 65.7 Å². The number of likely N-dealkylation sites (tertiary alicyclic amines) is 1. The molecule has 0 radical (unpaired) electrons. The van der Waals surface area contributed by atoms with E-state index in [4.69, 9.17) is 9.47 Å². The lowest BCUT2D eigenvalue weighted by Crippen LogP contribution is -2.55. The number of nitrogens with one attached hydrogen (secondary N) is 1. The van der Waals surface area contributed by atoms with Gasteiger partial charge in [0.05, 0.1) is 31.4 Å². The number of anilines is 1. The molecule has 1 unspecified atom stereocenters. The van der Waals surface area contributed by atoms with Crippen LogP contribution >= 0.6 is 0 Å². The summed E-state index contributed by atoms with van der Waals surface area (Å²) in [6, 6.07) is 13.2. The molecular weight excluding hydrogens is 487 g/mol. The number of nitrogens with zero attached hydrogens (tertiary/aromatic N) is 2. The van der Waals surface area contributed by atoms with Crippen LogP contribution < -0.4 is 10.2 Å². The van der Waals surface area contributed by atoms with Crippen LogP contribution in [0, 0.1) is 0 Å². The van der Waals surface area contributed by atoms with E-state index in [1.165, 1.54) is 12.1 Å². The molecule has 2 aromatic rings. The summed E-state index contributed by atoms with van der Waals surface area (Å²) in [6.07, 6.45) is -2.34. The Morgan fingerprint density at radius 3 is 2.54 bits per heavy atom. The van der Waals surface area contributed by atoms with Gasteiger partial charge in [-0.25, -0.2) is 0 Å². The van der Waals surface area contributed by atoms with Crippen LogP contribution in [0.15, 0.2) is 54.6 Å². The fraction of sp³-hybridized carbons (Fsp3) is 0.481. The molecule has 0 aromatic heterocycles. The summed E-state index contributed by atoms with van der Waals surface area (Å²) in [7, 11) is 0. The van der Waals surface area contributed by atoms with Gasteiger partial charge in [-0.05, 0) is 43.7 Å². The largest absolute Gasteiger partial charge is 0.416 e. The molecule has 7 nitrogen and oxygen atoms in total. The van der Waals surface area contributed by atoms with Crippen molar-refractivity contribution in [1.29, 1.82) is 0 Å². The Morgan fingerprint density at radius 2 is 1.86 bits per heavy atom. The van der Waals surface area contributed by atoms with E-state index in [1.807, 2.05) is 37.3 Å². The summed E-state index contributed by atoms with van der Waals surface area (Å²) in [5, 5.41) is 2.50. The minimum Gasteiger partial charge on any atom is -0.381 e. The Bertz CT molecular complexity index is 1070. The van der Waals surface area contributed by atoms with Crippen LogP contribution in [0.4, 0.5) is 18.9 Å². The zero-order valence-electron chi connectivity index (χ0n) is 20.8. The van der Waals surface area contributed by atoms with E-state index in [0.29, 0.717) is 32.1 Å². The van der Waals surface area contributed by atoms with Crippen LogP contribution in [0.2, 0.25) is 0 Å². The molecule has 0 aliphatic carbocycles. The van der Waals surface area contributed by atoms with Crippen molar-refractivity contribution in [2.45, 2.75) is 44.1 Å². The zero-order chi connectivity index (χ0) is 26.5. The SMILES string of the molecule is CCOC1(N2CCC(N(C(=O)CNC(=O)c3cccc(C(F)(F)F)c3)c3ccccc3)C2)CCOCC1. The van der Waals surface area contributed by atoms with Crippen molar-refractivity contribution < 1.29 is 32.2 Å². The van der Waals surface area contributed by atoms with Gasteiger partial charge in [0.1, 0.15) is 5.72 Å². The predicted octanol–water partition coefficient (Wildman–Crippen LogP) is 4.09. The molecule has 10 heteroatoms. The second-order valence-corrected chi connectivity index (χ2v) is 9.24. The Kier molecular flexibility index (Phi) is 8.51. The average Bonchev–Trinajstić information content (AvgIpc) is 3.39. The highest BCUT2D eigenvalue weighted by atomic mass is 19.4. The highest BCUT2D eigenvalue weighted by Gasteiger charge is 2.44. The number of halogens is 3. The monoisotopic (exact) mass is 519 g/mol. The number of hydrogen-bond donors (Lipinski definition) is 1. The number of carbonyl (C=O) groups excluding carboxylic acids is 2. The molecule has 4 rings (SSSR count). The second-order valence-electron chi connectivity index (χ2n) is 9.24. The summed E-state index contributed by atoms with van der Waals surface area (Å²) in [6.45, 7) is 4.78. The number of ether oxygens (including phenoxy) is 2. The maximum atomic E-state index is 13.4. The van der Waals surface area contributed by atoms with Crippen LogP contribution in [0.25, 0.3) is 0 Å². The van der Waals surface area contributed by atoms with E-state index in [1.54, 1.807) is 4.90 Å². The third kappa shape index (κ3) is 6.31. The quantitative estimate of drug-likeness (QED) is 0.569. The van der Waals surface area contributed by atoms with Crippen LogP contribution in [-0.4, -0.2) is 67.9 Å². The fourth-order valence-corrected chi connectivity index (χ4v) is 5.16. The van der Waals surface area contributed by atoms with E-state index >= 15 is 0 Å². The number of amides is 2. The van der Waals surface area contributed by atoms with Gasteiger partial charge >= 0.3 is 6.18 Å². The van der Waals surface area contributed by atoms with Crippen molar-refractivity contribution >= 4 is 17.5 Å². The van der Waals surface area contributed by atoms with E-state index < -0.39 is 23.4 Å². The van der Waals surface area contributed by atoms with Crippen molar-refractivity contribution in [2.24, 2.45) is 0 Å². The van der Waals surface area contributed by atoms with Crippen molar-refractivity contribution in [2.75, 3.05) is 44.4 Å². The lowest BCUT2D eigenvalue weighted by atomic mass is 10.0. The first-order chi connectivity index (χ1) is 17.7. The van der Waals surface area contributed by atoms with Gasteiger partial charge in [-0.3, -0.25) is 14.5 Å². The molecule has 2 aliphatic rings. The molecule has 2 aromatic carbocycles. The van der Waals surface area contributed by atoms with Gasteiger partial charge < -0.3 is 19.7 Å². The summed E-state index contributed by atoms with van der Waals surface area (Å²) in [4.78, 5) is 30.0. The van der Waals surface area contributed by atoms with Crippen LogP contribution in [-0.2, 0) is 20.4 Å². The summed E-state index contributed by atoms with van der Waals surface area (Å²) in [5.41, 5.74) is -0.797. The Labute approximate surface area is 214 Å². The molecule has 2 fully saturated rings. The second kappa shape index (κ2) is 11.6. The van der Waals surface area contributed by atoms with Gasteiger partial charge in [-0.15, -0.1) is 0 Å². The summed E-state index contributed by atoms with van der Waals surface area (Å²) >= 11 is 0. The predicted molar refractivity (Wildman–Crippen MR) is 132 cm³/mol. The molecule has 0 spiro atoms. The standard InChI is InChI=1S/C27H32F3N3O4/c1-2-37-26(12-15-36-16-13-26)32-14-11-23(19-32)33(22-9-4-3-5-10-22)24(34)18-31-25(35)20-7-6-8-21(17-20)27(28,29)30/h3-10,17,23H,2,11-16,18-19H2,1H3,(H,31,35).